The normalized spacial score (nSPS) is 46.9. The van der Waals surface area contributed by atoms with E-state index in [2.05, 4.69) is 26.5 Å². The molecule has 0 radical (unpaired) electrons. The number of hydrogen-bond donors (Lipinski definition) is 0. The fourth-order valence-electron chi connectivity index (χ4n) is 5.98. The summed E-state index contributed by atoms with van der Waals surface area (Å²) in [5.41, 5.74) is 2.09. The Hall–Kier alpha value is -1.44. The van der Waals surface area contributed by atoms with Crippen LogP contribution in [0.5, 0.6) is 0 Å². The standard InChI is InChI=1S/C20H24O2/c1-12-10-14-15-4-5-18(22)20(15,3)9-7-16(14)19(2)8-6-13(21)11-17(12)19/h6,8,11,14-16H,1,4-5,7,9-10H2,2-3H3/t14-,15-,16+,19+,20-/m0/s1. The van der Waals surface area contributed by atoms with E-state index in [0.29, 0.717) is 23.5 Å². The van der Waals surface area contributed by atoms with Crippen LogP contribution in [-0.4, -0.2) is 11.6 Å². The predicted molar refractivity (Wildman–Crippen MR) is 86.1 cm³/mol. The topological polar surface area (TPSA) is 34.1 Å². The number of fused-ring (bicyclic) bond motifs is 5. The van der Waals surface area contributed by atoms with Gasteiger partial charge < -0.3 is 0 Å². The second-order valence-corrected chi connectivity index (χ2v) is 8.18. The summed E-state index contributed by atoms with van der Waals surface area (Å²) in [6, 6.07) is 0. The maximum atomic E-state index is 12.4. The molecule has 116 valence electrons. The molecule has 3 saturated carbocycles. The van der Waals surface area contributed by atoms with Gasteiger partial charge in [-0.25, -0.2) is 0 Å². The smallest absolute Gasteiger partial charge is 0.178 e. The van der Waals surface area contributed by atoms with Gasteiger partial charge in [-0.3, -0.25) is 9.59 Å². The number of allylic oxidation sites excluding steroid dienone is 5. The van der Waals surface area contributed by atoms with Crippen molar-refractivity contribution >= 4 is 11.6 Å². The molecule has 0 aliphatic heterocycles. The molecule has 0 aromatic rings. The second-order valence-electron chi connectivity index (χ2n) is 8.18. The molecule has 4 rings (SSSR count). The zero-order valence-corrected chi connectivity index (χ0v) is 13.5. The van der Waals surface area contributed by atoms with E-state index >= 15 is 0 Å². The summed E-state index contributed by atoms with van der Waals surface area (Å²) in [5.74, 6) is 2.14. The lowest BCUT2D eigenvalue weighted by Crippen LogP contribution is -2.50. The van der Waals surface area contributed by atoms with Gasteiger partial charge >= 0.3 is 0 Å². The van der Waals surface area contributed by atoms with Crippen molar-refractivity contribution in [2.45, 2.75) is 46.0 Å². The highest BCUT2D eigenvalue weighted by molar-refractivity contribution is 6.02. The van der Waals surface area contributed by atoms with E-state index in [4.69, 9.17) is 0 Å². The Bertz CT molecular complexity index is 653. The number of ketones is 2. The summed E-state index contributed by atoms with van der Waals surface area (Å²) < 4.78 is 0. The molecule has 0 aromatic carbocycles. The largest absolute Gasteiger partial charge is 0.299 e. The minimum absolute atomic E-state index is 0.0686. The number of carbonyl (C=O) groups excluding carboxylic acids is 2. The van der Waals surface area contributed by atoms with Crippen molar-refractivity contribution in [3.05, 3.63) is 36.0 Å². The van der Waals surface area contributed by atoms with E-state index in [1.165, 1.54) is 0 Å². The first-order valence-corrected chi connectivity index (χ1v) is 8.53. The van der Waals surface area contributed by atoms with Gasteiger partial charge in [0, 0.05) is 17.3 Å². The third-order valence-electron chi connectivity index (χ3n) is 7.24. The molecule has 0 amide bonds. The van der Waals surface area contributed by atoms with Gasteiger partial charge in [0.05, 0.1) is 0 Å². The fraction of sp³-hybridized carbons (Fsp3) is 0.600. The Morgan fingerprint density at radius 2 is 1.95 bits per heavy atom. The van der Waals surface area contributed by atoms with Crippen LogP contribution in [0.1, 0.15) is 46.0 Å². The Morgan fingerprint density at radius 3 is 2.73 bits per heavy atom. The predicted octanol–water partition coefficient (Wildman–Crippen LogP) is 4.03. The molecule has 0 saturated heterocycles. The summed E-state index contributed by atoms with van der Waals surface area (Å²) >= 11 is 0. The Kier molecular flexibility index (Phi) is 2.77. The Morgan fingerprint density at radius 1 is 1.18 bits per heavy atom. The first kappa shape index (κ1) is 14.2. The van der Waals surface area contributed by atoms with Crippen molar-refractivity contribution in [3.8, 4) is 0 Å². The number of rotatable bonds is 0. The van der Waals surface area contributed by atoms with Gasteiger partial charge in [0.25, 0.3) is 0 Å². The molecule has 0 heterocycles. The lowest BCUT2D eigenvalue weighted by atomic mass is 9.48. The van der Waals surface area contributed by atoms with Gasteiger partial charge in [-0.2, -0.15) is 0 Å². The summed E-state index contributed by atoms with van der Waals surface area (Å²) in [5, 5.41) is 0. The SMILES string of the molecule is C=C1C[C@@H]2[C@@H](CC[C@]3(C)C(=O)CC[C@@H]23)[C@@]2(C)C=CC(=O)C=C12. The first-order valence-electron chi connectivity index (χ1n) is 8.53. The monoisotopic (exact) mass is 296 g/mol. The van der Waals surface area contributed by atoms with Crippen molar-refractivity contribution in [2.75, 3.05) is 0 Å². The van der Waals surface area contributed by atoms with Crippen LogP contribution in [0.3, 0.4) is 0 Å². The van der Waals surface area contributed by atoms with E-state index < -0.39 is 0 Å². The van der Waals surface area contributed by atoms with Gasteiger partial charge in [0.15, 0.2) is 5.78 Å². The zero-order chi connectivity index (χ0) is 15.7. The maximum Gasteiger partial charge on any atom is 0.178 e. The zero-order valence-electron chi connectivity index (χ0n) is 13.5. The van der Waals surface area contributed by atoms with Crippen molar-refractivity contribution < 1.29 is 9.59 Å². The van der Waals surface area contributed by atoms with Crippen LogP contribution in [0.15, 0.2) is 36.0 Å². The van der Waals surface area contributed by atoms with Gasteiger partial charge in [0.2, 0.25) is 0 Å². The Labute approximate surface area is 132 Å². The van der Waals surface area contributed by atoms with E-state index in [-0.39, 0.29) is 16.6 Å². The molecule has 5 atom stereocenters. The molecule has 4 aliphatic carbocycles. The summed E-state index contributed by atoms with van der Waals surface area (Å²) in [6.45, 7) is 8.75. The van der Waals surface area contributed by atoms with Crippen LogP contribution in [0.4, 0.5) is 0 Å². The summed E-state index contributed by atoms with van der Waals surface area (Å²) in [6.07, 6.45) is 10.5. The molecule has 22 heavy (non-hydrogen) atoms. The molecular formula is C20H24O2. The molecule has 4 aliphatic rings. The van der Waals surface area contributed by atoms with Gasteiger partial charge in [0.1, 0.15) is 5.78 Å². The molecule has 3 fully saturated rings. The van der Waals surface area contributed by atoms with Crippen LogP contribution in [0.2, 0.25) is 0 Å². The third kappa shape index (κ3) is 1.61. The molecular weight excluding hydrogens is 272 g/mol. The number of hydrogen-bond acceptors (Lipinski definition) is 2. The van der Waals surface area contributed by atoms with Gasteiger partial charge in [-0.1, -0.05) is 32.1 Å². The summed E-state index contributed by atoms with van der Waals surface area (Å²) in [7, 11) is 0. The van der Waals surface area contributed by atoms with Crippen LogP contribution in [-0.2, 0) is 9.59 Å². The van der Waals surface area contributed by atoms with E-state index in [1.807, 2.05) is 0 Å². The molecule has 0 unspecified atom stereocenters. The highest BCUT2D eigenvalue weighted by Crippen LogP contribution is 2.64. The first-order chi connectivity index (χ1) is 10.4. The number of Topliss-reactive ketones (excluding diaryl/α,β-unsaturated/α-hetero) is 1. The average Bonchev–Trinajstić information content (AvgIpc) is 2.77. The van der Waals surface area contributed by atoms with Gasteiger partial charge in [-0.05, 0) is 61.2 Å². The van der Waals surface area contributed by atoms with Crippen molar-refractivity contribution in [2.24, 2.45) is 28.6 Å². The van der Waals surface area contributed by atoms with E-state index in [1.54, 1.807) is 12.2 Å². The van der Waals surface area contributed by atoms with Crippen LogP contribution < -0.4 is 0 Å². The lowest BCUT2D eigenvalue weighted by Gasteiger charge is -2.56. The quantitative estimate of drug-likeness (QED) is 0.676. The fourth-order valence-corrected chi connectivity index (χ4v) is 5.98. The van der Waals surface area contributed by atoms with E-state index in [9.17, 15) is 9.59 Å². The van der Waals surface area contributed by atoms with Crippen LogP contribution >= 0.6 is 0 Å². The average molecular weight is 296 g/mol. The summed E-state index contributed by atoms with van der Waals surface area (Å²) in [4.78, 5) is 24.2. The third-order valence-corrected chi connectivity index (χ3v) is 7.24. The second kappa shape index (κ2) is 4.31. The number of carbonyl (C=O) groups is 2. The minimum atomic E-state index is -0.104. The minimum Gasteiger partial charge on any atom is -0.299 e. The molecule has 0 aromatic heterocycles. The molecule has 2 heteroatoms. The molecule has 0 spiro atoms. The molecule has 0 bridgehead atoms. The highest BCUT2D eigenvalue weighted by Gasteiger charge is 2.59. The molecule has 0 N–H and O–H groups in total. The van der Waals surface area contributed by atoms with Gasteiger partial charge in [-0.15, -0.1) is 0 Å². The van der Waals surface area contributed by atoms with Crippen molar-refractivity contribution in [1.82, 2.24) is 0 Å². The maximum absolute atomic E-state index is 12.4. The van der Waals surface area contributed by atoms with Crippen molar-refractivity contribution in [3.63, 3.8) is 0 Å². The van der Waals surface area contributed by atoms with Crippen LogP contribution in [0, 0.1) is 28.6 Å². The highest BCUT2D eigenvalue weighted by atomic mass is 16.1. The van der Waals surface area contributed by atoms with E-state index in [0.717, 1.165) is 43.3 Å². The lowest BCUT2D eigenvalue weighted by molar-refractivity contribution is -0.131. The van der Waals surface area contributed by atoms with Crippen LogP contribution in [0.25, 0.3) is 0 Å². The molecule has 2 nitrogen and oxygen atoms in total. The van der Waals surface area contributed by atoms with Crippen molar-refractivity contribution in [1.29, 1.82) is 0 Å². The Balaban J connectivity index is 1.78.